The first-order valence-electron chi connectivity index (χ1n) is 8.48. The number of hydrogen-bond acceptors (Lipinski definition) is 8. The van der Waals surface area contributed by atoms with E-state index in [2.05, 4.69) is 10.1 Å². The molecular formula is C17H19N3O5S2. The maximum Gasteiger partial charge on any atom is 0.257 e. The normalized spacial score (nSPS) is 16.2. The molecule has 0 spiro atoms. The fourth-order valence-electron chi connectivity index (χ4n) is 2.89. The maximum atomic E-state index is 12.8. The van der Waals surface area contributed by atoms with Crippen molar-refractivity contribution in [2.24, 2.45) is 0 Å². The monoisotopic (exact) mass is 409 g/mol. The molecular weight excluding hydrogens is 390 g/mol. The van der Waals surface area contributed by atoms with Crippen molar-refractivity contribution in [2.75, 3.05) is 26.3 Å². The Labute approximate surface area is 160 Å². The molecule has 8 nitrogen and oxygen atoms in total. The number of rotatable bonds is 5. The topological polar surface area (TPSA) is 98.7 Å². The van der Waals surface area contributed by atoms with Crippen LogP contribution in [-0.4, -0.2) is 49.2 Å². The molecule has 10 heteroatoms. The number of oxazole rings is 1. The minimum Gasteiger partial charge on any atom is -0.431 e. The van der Waals surface area contributed by atoms with E-state index >= 15 is 0 Å². The predicted molar refractivity (Wildman–Crippen MR) is 99.1 cm³/mol. The van der Waals surface area contributed by atoms with Crippen LogP contribution in [0.4, 0.5) is 0 Å². The zero-order valence-electron chi connectivity index (χ0n) is 15.0. The molecule has 1 aliphatic heterocycles. The molecule has 3 aromatic rings. The number of thioether (sulfide) groups is 1. The van der Waals surface area contributed by atoms with E-state index in [1.54, 1.807) is 18.2 Å². The van der Waals surface area contributed by atoms with E-state index in [-0.39, 0.29) is 4.90 Å². The van der Waals surface area contributed by atoms with E-state index in [4.69, 9.17) is 13.7 Å². The number of aryl methyl sites for hydroxylation is 2. The summed E-state index contributed by atoms with van der Waals surface area (Å²) in [7, 11) is -3.56. The Morgan fingerprint density at radius 2 is 2.00 bits per heavy atom. The lowest BCUT2D eigenvalue weighted by molar-refractivity contribution is 0.0730. The Balaban J connectivity index is 1.56. The predicted octanol–water partition coefficient (Wildman–Crippen LogP) is 2.75. The minimum atomic E-state index is -3.56. The van der Waals surface area contributed by atoms with Crippen molar-refractivity contribution in [1.82, 2.24) is 14.4 Å². The molecule has 1 aromatic carbocycles. The van der Waals surface area contributed by atoms with Gasteiger partial charge in [0.1, 0.15) is 11.3 Å². The standard InChI is InChI=1S/C17H19N3O5S2/c1-11-14(12(2)25-19-11)10-26-17-18-15-9-13(3-4-16(15)24-17)27(21,22)20-5-7-23-8-6-20/h3-4,9H,5-8,10H2,1-2H3. The first kappa shape index (κ1) is 18.5. The molecule has 0 unspecified atom stereocenters. The Hall–Kier alpha value is -1.88. The van der Waals surface area contributed by atoms with Gasteiger partial charge < -0.3 is 13.7 Å². The number of benzene rings is 1. The molecule has 4 rings (SSSR count). The molecule has 2 aromatic heterocycles. The number of morpholine rings is 1. The van der Waals surface area contributed by atoms with Gasteiger partial charge in [-0.15, -0.1) is 0 Å². The van der Waals surface area contributed by atoms with Crippen molar-refractivity contribution in [3.8, 4) is 0 Å². The Morgan fingerprint density at radius 3 is 2.70 bits per heavy atom. The van der Waals surface area contributed by atoms with Gasteiger partial charge in [0.15, 0.2) is 5.58 Å². The van der Waals surface area contributed by atoms with Crippen molar-refractivity contribution < 1.29 is 22.1 Å². The van der Waals surface area contributed by atoms with E-state index in [0.717, 1.165) is 17.0 Å². The number of sulfonamides is 1. The molecule has 27 heavy (non-hydrogen) atoms. The fourth-order valence-corrected chi connectivity index (χ4v) is 5.31. The smallest absolute Gasteiger partial charge is 0.257 e. The average Bonchev–Trinajstić information content (AvgIpc) is 3.22. The highest BCUT2D eigenvalue weighted by molar-refractivity contribution is 7.98. The van der Waals surface area contributed by atoms with E-state index in [1.165, 1.54) is 16.1 Å². The molecule has 1 saturated heterocycles. The third-order valence-corrected chi connectivity index (χ3v) is 7.22. The van der Waals surface area contributed by atoms with Gasteiger partial charge in [-0.2, -0.15) is 4.31 Å². The van der Waals surface area contributed by atoms with Gasteiger partial charge in [0.05, 0.1) is 23.8 Å². The van der Waals surface area contributed by atoms with Crippen LogP contribution < -0.4 is 0 Å². The third kappa shape index (κ3) is 3.62. The molecule has 0 radical (unpaired) electrons. The summed E-state index contributed by atoms with van der Waals surface area (Å²) in [6, 6.07) is 4.76. The van der Waals surface area contributed by atoms with Crippen molar-refractivity contribution in [1.29, 1.82) is 0 Å². The summed E-state index contributed by atoms with van der Waals surface area (Å²) < 4.78 is 43.1. The van der Waals surface area contributed by atoms with Crippen LogP contribution >= 0.6 is 11.8 Å². The number of aromatic nitrogens is 2. The SMILES string of the molecule is Cc1noc(C)c1CSc1nc2cc(S(=O)(=O)N3CCOCC3)ccc2o1. The lowest BCUT2D eigenvalue weighted by Crippen LogP contribution is -2.40. The molecule has 0 bridgehead atoms. The third-order valence-electron chi connectivity index (χ3n) is 4.47. The summed E-state index contributed by atoms with van der Waals surface area (Å²) >= 11 is 1.42. The Morgan fingerprint density at radius 1 is 1.22 bits per heavy atom. The minimum absolute atomic E-state index is 0.215. The molecule has 1 fully saturated rings. The number of fused-ring (bicyclic) bond motifs is 1. The van der Waals surface area contributed by atoms with Crippen LogP contribution in [0.25, 0.3) is 11.1 Å². The second-order valence-electron chi connectivity index (χ2n) is 6.22. The van der Waals surface area contributed by atoms with Crippen LogP contribution in [0.5, 0.6) is 0 Å². The zero-order chi connectivity index (χ0) is 19.0. The average molecular weight is 409 g/mol. The van der Waals surface area contributed by atoms with E-state index in [0.29, 0.717) is 48.4 Å². The van der Waals surface area contributed by atoms with Crippen molar-refractivity contribution in [3.05, 3.63) is 35.2 Å². The van der Waals surface area contributed by atoms with Gasteiger partial charge in [-0.3, -0.25) is 0 Å². The highest BCUT2D eigenvalue weighted by atomic mass is 32.2. The number of nitrogens with zero attached hydrogens (tertiary/aromatic N) is 3. The van der Waals surface area contributed by atoms with E-state index < -0.39 is 10.0 Å². The van der Waals surface area contributed by atoms with Gasteiger partial charge in [-0.1, -0.05) is 16.9 Å². The van der Waals surface area contributed by atoms with Crippen LogP contribution in [0.2, 0.25) is 0 Å². The van der Waals surface area contributed by atoms with Gasteiger partial charge >= 0.3 is 0 Å². The quantitative estimate of drug-likeness (QED) is 0.593. The van der Waals surface area contributed by atoms with Gasteiger partial charge in [0.2, 0.25) is 10.0 Å². The number of hydrogen-bond donors (Lipinski definition) is 0. The lowest BCUT2D eigenvalue weighted by Gasteiger charge is -2.25. The Kier molecular flexibility index (Phi) is 4.97. The van der Waals surface area contributed by atoms with Gasteiger partial charge in [0.25, 0.3) is 5.22 Å². The van der Waals surface area contributed by atoms with E-state index in [9.17, 15) is 8.42 Å². The Bertz CT molecular complexity index is 1050. The van der Waals surface area contributed by atoms with Crippen LogP contribution in [-0.2, 0) is 20.5 Å². The maximum absolute atomic E-state index is 12.8. The second-order valence-corrected chi connectivity index (χ2v) is 9.08. The second kappa shape index (κ2) is 7.27. The van der Waals surface area contributed by atoms with Crippen molar-refractivity contribution >= 4 is 32.9 Å². The summed E-state index contributed by atoms with van der Waals surface area (Å²) in [4.78, 5) is 4.64. The number of ether oxygens (including phenoxy) is 1. The van der Waals surface area contributed by atoms with Crippen LogP contribution in [0, 0.1) is 13.8 Å². The summed E-state index contributed by atoms with van der Waals surface area (Å²) in [6.07, 6.45) is 0. The summed E-state index contributed by atoms with van der Waals surface area (Å²) in [6.45, 7) is 5.29. The first-order valence-corrected chi connectivity index (χ1v) is 10.9. The molecule has 0 aliphatic carbocycles. The fraction of sp³-hybridized carbons (Fsp3) is 0.412. The van der Waals surface area contributed by atoms with E-state index in [1.807, 2.05) is 13.8 Å². The van der Waals surface area contributed by atoms with Gasteiger partial charge in [-0.25, -0.2) is 13.4 Å². The summed E-state index contributed by atoms with van der Waals surface area (Å²) in [5.41, 5.74) is 2.93. The van der Waals surface area contributed by atoms with Gasteiger partial charge in [-0.05, 0) is 32.0 Å². The lowest BCUT2D eigenvalue weighted by atomic mass is 10.2. The van der Waals surface area contributed by atoms with Crippen molar-refractivity contribution in [3.63, 3.8) is 0 Å². The summed E-state index contributed by atoms with van der Waals surface area (Å²) in [5, 5.41) is 4.41. The molecule has 0 saturated carbocycles. The molecule has 3 heterocycles. The van der Waals surface area contributed by atoms with Crippen LogP contribution in [0.15, 0.2) is 37.3 Å². The largest absolute Gasteiger partial charge is 0.431 e. The first-order chi connectivity index (χ1) is 12.9. The molecule has 144 valence electrons. The summed E-state index contributed by atoms with van der Waals surface area (Å²) in [5.74, 6) is 1.39. The molecule has 0 N–H and O–H groups in total. The molecule has 1 aliphatic rings. The van der Waals surface area contributed by atoms with Crippen LogP contribution in [0.3, 0.4) is 0 Å². The van der Waals surface area contributed by atoms with Crippen LogP contribution in [0.1, 0.15) is 17.0 Å². The zero-order valence-corrected chi connectivity index (χ0v) is 16.6. The molecule has 0 amide bonds. The highest BCUT2D eigenvalue weighted by Crippen LogP contribution is 2.30. The molecule has 0 atom stereocenters. The highest BCUT2D eigenvalue weighted by Gasteiger charge is 2.27. The van der Waals surface area contributed by atoms with Crippen molar-refractivity contribution in [2.45, 2.75) is 29.7 Å². The van der Waals surface area contributed by atoms with Gasteiger partial charge in [0, 0.05) is 24.4 Å².